The molecule has 1 aliphatic heterocycles. The highest BCUT2D eigenvalue weighted by atomic mass is 35.5. The number of hydrogen-bond donors (Lipinski definition) is 0. The molecule has 0 atom stereocenters. The fourth-order valence-corrected chi connectivity index (χ4v) is 3.23. The van der Waals surface area contributed by atoms with Crippen molar-refractivity contribution in [2.75, 3.05) is 33.4 Å². The van der Waals surface area contributed by atoms with Crippen molar-refractivity contribution in [3.63, 3.8) is 0 Å². The highest BCUT2D eigenvalue weighted by molar-refractivity contribution is 6.33. The van der Waals surface area contributed by atoms with Crippen molar-refractivity contribution in [1.82, 2.24) is 24.6 Å². The monoisotopic (exact) mass is 373 g/mol. The van der Waals surface area contributed by atoms with Gasteiger partial charge in [-0.15, -0.1) is 0 Å². The molecule has 0 aliphatic carbocycles. The van der Waals surface area contributed by atoms with Crippen molar-refractivity contribution in [3.8, 4) is 5.75 Å². The first-order valence-electron chi connectivity index (χ1n) is 8.54. The van der Waals surface area contributed by atoms with E-state index < -0.39 is 0 Å². The van der Waals surface area contributed by atoms with E-state index >= 15 is 0 Å². The second kappa shape index (κ2) is 7.57. The zero-order chi connectivity index (χ0) is 17.9. The minimum Gasteiger partial charge on any atom is -0.497 e. The van der Waals surface area contributed by atoms with Gasteiger partial charge in [0, 0.05) is 13.1 Å². The van der Waals surface area contributed by atoms with E-state index in [4.69, 9.17) is 21.1 Å². The van der Waals surface area contributed by atoms with Crippen LogP contribution in [0, 0.1) is 0 Å². The van der Waals surface area contributed by atoms with Gasteiger partial charge in [0.05, 0.1) is 39.6 Å². The third-order valence-electron chi connectivity index (χ3n) is 4.39. The molecule has 7 nitrogen and oxygen atoms in total. The fraction of sp³-hybridized carbons (Fsp3) is 0.389. The highest BCUT2D eigenvalue weighted by Crippen LogP contribution is 2.20. The number of fused-ring (bicyclic) bond motifs is 1. The molecule has 0 spiro atoms. The minimum atomic E-state index is 0.395. The Morgan fingerprint density at radius 3 is 2.62 bits per heavy atom. The van der Waals surface area contributed by atoms with Crippen molar-refractivity contribution < 1.29 is 9.47 Å². The zero-order valence-electron chi connectivity index (χ0n) is 14.6. The van der Waals surface area contributed by atoms with E-state index in [-0.39, 0.29) is 0 Å². The summed E-state index contributed by atoms with van der Waals surface area (Å²) in [6, 6.07) is 7.90. The number of morpholine rings is 1. The predicted molar refractivity (Wildman–Crippen MR) is 98.5 cm³/mol. The molecule has 3 aromatic rings. The van der Waals surface area contributed by atoms with Gasteiger partial charge < -0.3 is 9.47 Å². The van der Waals surface area contributed by atoms with Gasteiger partial charge in [0.15, 0.2) is 5.15 Å². The van der Waals surface area contributed by atoms with E-state index in [1.54, 1.807) is 7.11 Å². The molecule has 0 radical (unpaired) electrons. The van der Waals surface area contributed by atoms with E-state index in [0.29, 0.717) is 29.6 Å². The number of halogens is 1. The van der Waals surface area contributed by atoms with Crippen LogP contribution in [0.5, 0.6) is 5.75 Å². The van der Waals surface area contributed by atoms with Crippen LogP contribution in [0.15, 0.2) is 30.5 Å². The Bertz CT molecular complexity index is 890. The quantitative estimate of drug-likeness (QED) is 0.640. The largest absolute Gasteiger partial charge is 0.497 e. The number of aromatic nitrogens is 4. The fourth-order valence-electron chi connectivity index (χ4n) is 3.00. The smallest absolute Gasteiger partial charge is 0.160 e. The molecule has 3 heterocycles. The third kappa shape index (κ3) is 3.80. The van der Waals surface area contributed by atoms with Crippen LogP contribution in [0.4, 0.5) is 0 Å². The number of methoxy groups -OCH3 is 1. The van der Waals surface area contributed by atoms with Gasteiger partial charge in [-0.1, -0.05) is 23.7 Å². The first-order valence-corrected chi connectivity index (χ1v) is 8.91. The topological polar surface area (TPSA) is 65.3 Å². The second-order valence-electron chi connectivity index (χ2n) is 6.23. The first-order chi connectivity index (χ1) is 12.7. The normalized spacial score (nSPS) is 15.5. The average molecular weight is 374 g/mol. The molecular weight excluding hydrogens is 354 g/mol. The highest BCUT2D eigenvalue weighted by Gasteiger charge is 2.15. The number of benzene rings is 1. The lowest BCUT2D eigenvalue weighted by molar-refractivity contribution is 0.0331. The van der Waals surface area contributed by atoms with Crippen molar-refractivity contribution in [1.29, 1.82) is 0 Å². The molecule has 0 saturated carbocycles. The maximum atomic E-state index is 6.35. The van der Waals surface area contributed by atoms with Crippen molar-refractivity contribution in [2.45, 2.75) is 13.1 Å². The van der Waals surface area contributed by atoms with Crippen molar-refractivity contribution in [3.05, 3.63) is 47.0 Å². The number of hydrogen-bond acceptors (Lipinski definition) is 6. The van der Waals surface area contributed by atoms with Gasteiger partial charge in [-0.2, -0.15) is 5.10 Å². The maximum absolute atomic E-state index is 6.35. The Morgan fingerprint density at radius 1 is 1.12 bits per heavy atom. The van der Waals surface area contributed by atoms with Crippen LogP contribution in [-0.4, -0.2) is 58.1 Å². The van der Waals surface area contributed by atoms with Crippen LogP contribution in [0.2, 0.25) is 5.15 Å². The van der Waals surface area contributed by atoms with Gasteiger partial charge in [0.25, 0.3) is 0 Å². The Morgan fingerprint density at radius 2 is 1.88 bits per heavy atom. The molecule has 1 aliphatic rings. The predicted octanol–water partition coefficient (Wildman–Crippen LogP) is 2.37. The van der Waals surface area contributed by atoms with Crippen LogP contribution in [0.1, 0.15) is 11.4 Å². The van der Waals surface area contributed by atoms with Gasteiger partial charge in [-0.05, 0) is 17.7 Å². The van der Waals surface area contributed by atoms with Crippen molar-refractivity contribution in [2.24, 2.45) is 0 Å². The summed E-state index contributed by atoms with van der Waals surface area (Å²) in [7, 11) is 1.66. The van der Waals surface area contributed by atoms with Gasteiger partial charge in [0.1, 0.15) is 22.6 Å². The molecular formula is C18H20ClN5O2. The van der Waals surface area contributed by atoms with Crippen LogP contribution >= 0.6 is 11.6 Å². The molecule has 1 aromatic carbocycles. The Kier molecular flexibility index (Phi) is 5.01. The number of ether oxygens (including phenoxy) is 2. The van der Waals surface area contributed by atoms with E-state index in [0.717, 1.165) is 43.1 Å². The summed E-state index contributed by atoms with van der Waals surface area (Å²) in [4.78, 5) is 11.3. The summed E-state index contributed by atoms with van der Waals surface area (Å²) in [6.45, 7) is 4.56. The van der Waals surface area contributed by atoms with Gasteiger partial charge in [0.2, 0.25) is 0 Å². The summed E-state index contributed by atoms with van der Waals surface area (Å²) in [5.74, 6) is 1.55. The Hall–Kier alpha value is -2.22. The van der Waals surface area contributed by atoms with Crippen LogP contribution < -0.4 is 4.74 Å². The molecule has 8 heteroatoms. The summed E-state index contributed by atoms with van der Waals surface area (Å²) >= 11 is 6.35. The van der Waals surface area contributed by atoms with Gasteiger partial charge >= 0.3 is 0 Å². The summed E-state index contributed by atoms with van der Waals surface area (Å²) < 4.78 is 12.4. The first kappa shape index (κ1) is 17.2. The molecule has 26 heavy (non-hydrogen) atoms. The lowest BCUT2D eigenvalue weighted by Gasteiger charge is -2.25. The average Bonchev–Trinajstić information content (AvgIpc) is 3.06. The van der Waals surface area contributed by atoms with E-state index in [1.807, 2.05) is 35.1 Å². The molecule has 0 unspecified atom stereocenters. The molecule has 2 aromatic heterocycles. The SMILES string of the molecule is COc1ccc(Cn2cc3nc(CN4CCOCC4)nc(Cl)c3n2)cc1. The van der Waals surface area contributed by atoms with E-state index in [9.17, 15) is 0 Å². The lowest BCUT2D eigenvalue weighted by atomic mass is 10.2. The molecule has 0 amide bonds. The minimum absolute atomic E-state index is 0.395. The number of rotatable bonds is 5. The van der Waals surface area contributed by atoms with E-state index in [2.05, 4.69) is 20.0 Å². The Labute approximate surface area is 156 Å². The molecule has 136 valence electrons. The standard InChI is InChI=1S/C18H20ClN5O2/c1-25-14-4-2-13(3-5-14)10-24-11-15-17(22-24)18(19)21-16(20-15)12-23-6-8-26-9-7-23/h2-5,11H,6-10,12H2,1H3. The molecule has 0 N–H and O–H groups in total. The summed E-state index contributed by atoms with van der Waals surface area (Å²) in [6.07, 6.45) is 1.91. The zero-order valence-corrected chi connectivity index (χ0v) is 15.3. The Balaban J connectivity index is 1.54. The summed E-state index contributed by atoms with van der Waals surface area (Å²) in [5.41, 5.74) is 2.52. The second-order valence-corrected chi connectivity index (χ2v) is 6.59. The van der Waals surface area contributed by atoms with Crippen LogP contribution in [0.3, 0.4) is 0 Å². The third-order valence-corrected chi connectivity index (χ3v) is 4.65. The molecule has 1 saturated heterocycles. The molecule has 1 fully saturated rings. The van der Waals surface area contributed by atoms with Crippen LogP contribution in [0.25, 0.3) is 11.0 Å². The lowest BCUT2D eigenvalue weighted by Crippen LogP contribution is -2.36. The van der Waals surface area contributed by atoms with Crippen LogP contribution in [-0.2, 0) is 17.8 Å². The van der Waals surface area contributed by atoms with Crippen molar-refractivity contribution >= 4 is 22.6 Å². The van der Waals surface area contributed by atoms with E-state index in [1.165, 1.54) is 0 Å². The molecule has 4 rings (SSSR count). The molecule has 0 bridgehead atoms. The van der Waals surface area contributed by atoms with Gasteiger partial charge in [-0.25, -0.2) is 9.97 Å². The summed E-state index contributed by atoms with van der Waals surface area (Å²) in [5, 5.41) is 4.93. The maximum Gasteiger partial charge on any atom is 0.160 e. The number of nitrogens with zero attached hydrogens (tertiary/aromatic N) is 5. The van der Waals surface area contributed by atoms with Gasteiger partial charge in [-0.3, -0.25) is 9.58 Å².